The van der Waals surface area contributed by atoms with Gasteiger partial charge in [0.05, 0.1) is 12.6 Å². The number of aliphatic hydroxyl groups is 1. The quantitative estimate of drug-likeness (QED) is 0.819. The first-order valence-electron chi connectivity index (χ1n) is 6.75. The second-order valence-electron chi connectivity index (χ2n) is 5.18. The van der Waals surface area contributed by atoms with Gasteiger partial charge >= 0.3 is 0 Å². The molecule has 1 heterocycles. The summed E-state index contributed by atoms with van der Waals surface area (Å²) < 4.78 is 0.960. The van der Waals surface area contributed by atoms with Crippen LogP contribution in [-0.2, 0) is 6.54 Å². The Morgan fingerprint density at radius 3 is 2.50 bits per heavy atom. The molecule has 0 saturated heterocycles. The first-order valence-corrected chi connectivity index (χ1v) is 8.43. The van der Waals surface area contributed by atoms with Crippen molar-refractivity contribution in [1.82, 2.24) is 0 Å². The monoisotopic (exact) mass is 353 g/mol. The van der Waals surface area contributed by atoms with Gasteiger partial charge in [0.25, 0.3) is 0 Å². The summed E-state index contributed by atoms with van der Waals surface area (Å²) in [4.78, 5) is 3.72. The summed E-state index contributed by atoms with van der Waals surface area (Å²) in [5.41, 5.74) is 2.10. The van der Waals surface area contributed by atoms with Gasteiger partial charge in [-0.15, -0.1) is 11.3 Å². The summed E-state index contributed by atoms with van der Waals surface area (Å²) in [5, 5.41) is 11.8. The number of benzene rings is 1. The summed E-state index contributed by atoms with van der Waals surface area (Å²) >= 11 is 5.34. The molecule has 0 saturated carbocycles. The third-order valence-electron chi connectivity index (χ3n) is 3.30. The molecule has 0 aliphatic carbocycles. The van der Waals surface area contributed by atoms with Gasteiger partial charge in [0.1, 0.15) is 0 Å². The van der Waals surface area contributed by atoms with Crippen LogP contribution in [-0.4, -0.2) is 11.1 Å². The molecule has 108 valence electrons. The molecule has 2 nitrogen and oxygen atoms in total. The average Bonchev–Trinajstić information content (AvgIpc) is 2.87. The van der Waals surface area contributed by atoms with Crippen LogP contribution in [0.4, 0.5) is 5.69 Å². The van der Waals surface area contributed by atoms with Gasteiger partial charge in [0.15, 0.2) is 0 Å². The van der Waals surface area contributed by atoms with E-state index in [-0.39, 0.29) is 0 Å². The second kappa shape index (κ2) is 6.74. The first kappa shape index (κ1) is 15.5. The van der Waals surface area contributed by atoms with E-state index in [1.54, 1.807) is 18.3 Å². The van der Waals surface area contributed by atoms with E-state index in [1.165, 1.54) is 10.6 Å². The normalized spacial score (nSPS) is 12.7. The van der Waals surface area contributed by atoms with E-state index in [1.807, 2.05) is 6.07 Å². The fourth-order valence-electron chi connectivity index (χ4n) is 2.18. The Labute approximate surface area is 133 Å². The molecule has 2 rings (SSSR count). The predicted molar refractivity (Wildman–Crippen MR) is 90.4 cm³/mol. The van der Waals surface area contributed by atoms with Crippen molar-refractivity contribution >= 4 is 33.0 Å². The molecule has 0 aliphatic rings. The molecule has 1 aromatic heterocycles. The van der Waals surface area contributed by atoms with Crippen molar-refractivity contribution in [2.75, 3.05) is 4.90 Å². The van der Waals surface area contributed by atoms with E-state index in [4.69, 9.17) is 0 Å². The smallest absolute Gasteiger partial charge is 0.0772 e. The van der Waals surface area contributed by atoms with Crippen molar-refractivity contribution < 1.29 is 5.11 Å². The van der Waals surface area contributed by atoms with Gasteiger partial charge in [0, 0.05) is 21.1 Å². The molecular formula is C16H20BrNOS. The van der Waals surface area contributed by atoms with E-state index in [9.17, 15) is 5.11 Å². The van der Waals surface area contributed by atoms with Gasteiger partial charge in [-0.25, -0.2) is 0 Å². The molecule has 0 radical (unpaired) electrons. The van der Waals surface area contributed by atoms with Crippen LogP contribution < -0.4 is 4.90 Å². The minimum absolute atomic E-state index is 0.418. The Bertz CT molecular complexity index is 552. The van der Waals surface area contributed by atoms with Gasteiger partial charge in [-0.2, -0.15) is 0 Å². The Morgan fingerprint density at radius 1 is 1.25 bits per heavy atom. The van der Waals surface area contributed by atoms with E-state index < -0.39 is 6.10 Å². The number of hydrogen-bond acceptors (Lipinski definition) is 3. The zero-order valence-electron chi connectivity index (χ0n) is 12.0. The van der Waals surface area contributed by atoms with Crippen molar-refractivity contribution in [3.05, 3.63) is 50.6 Å². The molecule has 2 aromatic rings. The molecule has 0 spiro atoms. The topological polar surface area (TPSA) is 23.5 Å². The van der Waals surface area contributed by atoms with Crippen LogP contribution in [0.25, 0.3) is 0 Å². The standard InChI is InChI=1S/C16H20BrNOS/c1-11(2)18(10-14-5-4-8-20-14)13-6-7-15(12(3)19)16(17)9-13/h4-9,11-12,19H,10H2,1-3H3/t12-/m0/s1. The Balaban J connectivity index is 2.28. The third kappa shape index (κ3) is 3.62. The summed E-state index contributed by atoms with van der Waals surface area (Å²) in [7, 11) is 0. The summed E-state index contributed by atoms with van der Waals surface area (Å²) in [6, 6.07) is 10.8. The highest BCUT2D eigenvalue weighted by Crippen LogP contribution is 2.30. The van der Waals surface area contributed by atoms with Crippen LogP contribution >= 0.6 is 27.3 Å². The van der Waals surface area contributed by atoms with Gasteiger partial charge < -0.3 is 10.0 Å². The first-order chi connectivity index (χ1) is 9.49. The Hall–Kier alpha value is -0.840. The van der Waals surface area contributed by atoms with Crippen LogP contribution in [0.5, 0.6) is 0 Å². The maximum Gasteiger partial charge on any atom is 0.0772 e. The molecular weight excluding hydrogens is 334 g/mol. The summed E-state index contributed by atoms with van der Waals surface area (Å²) in [5.74, 6) is 0. The molecule has 1 atom stereocenters. The van der Waals surface area contributed by atoms with Gasteiger partial charge in [0.2, 0.25) is 0 Å². The highest BCUT2D eigenvalue weighted by Gasteiger charge is 2.14. The lowest BCUT2D eigenvalue weighted by molar-refractivity contribution is 0.198. The molecule has 20 heavy (non-hydrogen) atoms. The number of hydrogen-bond donors (Lipinski definition) is 1. The van der Waals surface area contributed by atoms with Gasteiger partial charge in [-0.05, 0) is 49.9 Å². The van der Waals surface area contributed by atoms with Crippen molar-refractivity contribution in [2.24, 2.45) is 0 Å². The zero-order chi connectivity index (χ0) is 14.7. The number of nitrogens with zero attached hydrogens (tertiary/aromatic N) is 1. The van der Waals surface area contributed by atoms with Crippen LogP contribution in [0, 0.1) is 0 Å². The fraction of sp³-hybridized carbons (Fsp3) is 0.375. The minimum Gasteiger partial charge on any atom is -0.389 e. The minimum atomic E-state index is -0.455. The number of anilines is 1. The Kier molecular flexibility index (Phi) is 5.24. The van der Waals surface area contributed by atoms with Crippen LogP contribution in [0.15, 0.2) is 40.2 Å². The molecule has 0 aliphatic heterocycles. The largest absolute Gasteiger partial charge is 0.389 e. The van der Waals surface area contributed by atoms with Crippen LogP contribution in [0.2, 0.25) is 0 Å². The van der Waals surface area contributed by atoms with E-state index in [2.05, 4.69) is 64.3 Å². The summed E-state index contributed by atoms with van der Waals surface area (Å²) in [6.45, 7) is 7.09. The van der Waals surface area contributed by atoms with E-state index in [0.717, 1.165) is 16.6 Å². The SMILES string of the molecule is CC(C)N(Cc1cccs1)c1ccc([C@H](C)O)c(Br)c1. The van der Waals surface area contributed by atoms with Crippen molar-refractivity contribution in [3.8, 4) is 0 Å². The van der Waals surface area contributed by atoms with Crippen molar-refractivity contribution in [3.63, 3.8) is 0 Å². The Morgan fingerprint density at radius 2 is 2.00 bits per heavy atom. The molecule has 0 bridgehead atoms. The maximum atomic E-state index is 9.71. The lowest BCUT2D eigenvalue weighted by Crippen LogP contribution is -2.29. The van der Waals surface area contributed by atoms with Crippen molar-refractivity contribution in [1.29, 1.82) is 0 Å². The van der Waals surface area contributed by atoms with Crippen LogP contribution in [0.3, 0.4) is 0 Å². The molecule has 1 N–H and O–H groups in total. The lowest BCUT2D eigenvalue weighted by atomic mass is 10.1. The molecule has 0 amide bonds. The van der Waals surface area contributed by atoms with Gasteiger partial charge in [-0.1, -0.05) is 28.1 Å². The predicted octanol–water partition coefficient (Wildman–Crippen LogP) is 4.98. The van der Waals surface area contributed by atoms with Crippen LogP contribution in [0.1, 0.15) is 37.3 Å². The second-order valence-corrected chi connectivity index (χ2v) is 7.07. The van der Waals surface area contributed by atoms with E-state index in [0.29, 0.717) is 6.04 Å². The fourth-order valence-corrected chi connectivity index (χ4v) is 3.58. The molecule has 0 fully saturated rings. The number of aliphatic hydroxyl groups excluding tert-OH is 1. The molecule has 4 heteroatoms. The number of halogens is 1. The van der Waals surface area contributed by atoms with Gasteiger partial charge in [-0.3, -0.25) is 0 Å². The summed E-state index contributed by atoms with van der Waals surface area (Å²) in [6.07, 6.45) is -0.455. The number of thiophene rings is 1. The highest BCUT2D eigenvalue weighted by molar-refractivity contribution is 9.10. The zero-order valence-corrected chi connectivity index (χ0v) is 14.4. The third-order valence-corrected chi connectivity index (χ3v) is 4.84. The number of rotatable bonds is 5. The van der Waals surface area contributed by atoms with Crippen molar-refractivity contribution in [2.45, 2.75) is 39.5 Å². The average molecular weight is 354 g/mol. The van der Waals surface area contributed by atoms with E-state index >= 15 is 0 Å². The molecule has 0 unspecified atom stereocenters. The highest BCUT2D eigenvalue weighted by atomic mass is 79.9. The maximum absolute atomic E-state index is 9.71. The molecule has 1 aromatic carbocycles. The lowest BCUT2D eigenvalue weighted by Gasteiger charge is -2.29.